The molecule has 0 fully saturated rings. The van der Waals surface area contributed by atoms with E-state index in [1.165, 1.54) is 4.68 Å². The van der Waals surface area contributed by atoms with Crippen molar-refractivity contribution in [3.05, 3.63) is 70.1 Å². The molecule has 0 radical (unpaired) electrons. The first kappa shape index (κ1) is 14.8. The second kappa shape index (κ2) is 5.92. The molecule has 3 rings (SSSR count). The molecule has 0 bridgehead atoms. The van der Waals surface area contributed by atoms with Crippen LogP contribution in [0.15, 0.2) is 53.5 Å². The first-order valence-electron chi connectivity index (χ1n) is 7.06. The average Bonchev–Trinajstić information content (AvgIpc) is 2.55. The Kier molecular flexibility index (Phi) is 3.80. The van der Waals surface area contributed by atoms with Crippen LogP contribution in [0.1, 0.15) is 16.1 Å². The van der Waals surface area contributed by atoms with Gasteiger partial charge >= 0.3 is 5.97 Å². The minimum atomic E-state index is -1.45. The van der Waals surface area contributed by atoms with Gasteiger partial charge in [-0.15, -0.1) is 0 Å². The van der Waals surface area contributed by atoms with E-state index in [0.717, 1.165) is 22.5 Å². The van der Waals surface area contributed by atoms with Crippen molar-refractivity contribution >= 4 is 16.7 Å². The Balaban J connectivity index is 1.84. The summed E-state index contributed by atoms with van der Waals surface area (Å²) in [6, 6.07) is 14.0. The highest BCUT2D eigenvalue weighted by Crippen LogP contribution is 2.16. The highest BCUT2D eigenvalue weighted by Gasteiger charge is 2.15. The molecule has 23 heavy (non-hydrogen) atoms. The SMILES string of the molecule is O=C(O)c1nn(CCc2ccc3ccccc3c2)cc(O)c1=O. The largest absolute Gasteiger partial charge is 0.503 e. The van der Waals surface area contributed by atoms with Gasteiger partial charge in [-0.05, 0) is 22.8 Å². The first-order chi connectivity index (χ1) is 11.0. The molecule has 1 aromatic heterocycles. The molecule has 0 unspecified atom stereocenters. The number of carboxylic acid groups (broad SMARTS) is 1. The third-order valence-corrected chi connectivity index (χ3v) is 3.59. The maximum absolute atomic E-state index is 11.5. The number of benzene rings is 2. The van der Waals surface area contributed by atoms with E-state index in [-0.39, 0.29) is 0 Å². The van der Waals surface area contributed by atoms with Crippen LogP contribution in [0.3, 0.4) is 0 Å². The Morgan fingerprint density at radius 3 is 2.61 bits per heavy atom. The molecular weight excluding hydrogens is 296 g/mol. The molecule has 1 heterocycles. The van der Waals surface area contributed by atoms with Crippen LogP contribution in [0.4, 0.5) is 0 Å². The number of aromatic nitrogens is 2. The molecule has 6 nitrogen and oxygen atoms in total. The van der Waals surface area contributed by atoms with Crippen LogP contribution in [-0.2, 0) is 13.0 Å². The molecule has 2 aromatic carbocycles. The van der Waals surface area contributed by atoms with Crippen molar-refractivity contribution in [2.24, 2.45) is 0 Å². The highest BCUT2D eigenvalue weighted by molar-refractivity contribution is 5.85. The smallest absolute Gasteiger partial charge is 0.360 e. The Bertz CT molecular complexity index is 947. The van der Waals surface area contributed by atoms with Gasteiger partial charge in [0.1, 0.15) is 0 Å². The normalized spacial score (nSPS) is 10.8. The Hall–Kier alpha value is -3.15. The summed E-state index contributed by atoms with van der Waals surface area (Å²) in [6.45, 7) is 0.354. The number of carboxylic acids is 1. The fourth-order valence-electron chi connectivity index (χ4n) is 2.42. The van der Waals surface area contributed by atoms with E-state index in [1.807, 2.05) is 36.4 Å². The molecule has 6 heteroatoms. The van der Waals surface area contributed by atoms with Gasteiger partial charge in [0.2, 0.25) is 5.69 Å². The van der Waals surface area contributed by atoms with Crippen LogP contribution in [0.25, 0.3) is 10.8 Å². The summed E-state index contributed by atoms with van der Waals surface area (Å²) < 4.78 is 1.27. The maximum atomic E-state index is 11.5. The van der Waals surface area contributed by atoms with E-state index in [4.69, 9.17) is 5.11 Å². The van der Waals surface area contributed by atoms with Crippen LogP contribution in [0.5, 0.6) is 5.75 Å². The number of aromatic hydroxyl groups is 1. The van der Waals surface area contributed by atoms with Gasteiger partial charge in [-0.3, -0.25) is 9.48 Å². The molecule has 0 spiro atoms. The van der Waals surface area contributed by atoms with E-state index >= 15 is 0 Å². The van der Waals surface area contributed by atoms with Crippen LogP contribution in [0.2, 0.25) is 0 Å². The lowest BCUT2D eigenvalue weighted by atomic mass is 10.1. The van der Waals surface area contributed by atoms with Gasteiger partial charge < -0.3 is 10.2 Å². The van der Waals surface area contributed by atoms with Gasteiger partial charge in [0, 0.05) is 6.54 Å². The minimum Gasteiger partial charge on any atom is -0.503 e. The van der Waals surface area contributed by atoms with Crippen LogP contribution in [-0.4, -0.2) is 26.0 Å². The lowest BCUT2D eigenvalue weighted by molar-refractivity contribution is 0.0685. The fraction of sp³-hybridized carbons (Fsp3) is 0.118. The van der Waals surface area contributed by atoms with Gasteiger partial charge in [-0.2, -0.15) is 5.10 Å². The summed E-state index contributed by atoms with van der Waals surface area (Å²) in [5, 5.41) is 24.5. The Morgan fingerprint density at radius 2 is 1.87 bits per heavy atom. The van der Waals surface area contributed by atoms with Crippen molar-refractivity contribution < 1.29 is 15.0 Å². The van der Waals surface area contributed by atoms with E-state index in [9.17, 15) is 14.7 Å². The van der Waals surface area contributed by atoms with Crippen molar-refractivity contribution in [3.63, 3.8) is 0 Å². The number of fused-ring (bicyclic) bond motifs is 1. The zero-order valence-corrected chi connectivity index (χ0v) is 12.1. The zero-order valence-electron chi connectivity index (χ0n) is 12.1. The van der Waals surface area contributed by atoms with Gasteiger partial charge in [0.15, 0.2) is 5.75 Å². The van der Waals surface area contributed by atoms with E-state index in [2.05, 4.69) is 11.2 Å². The average molecular weight is 310 g/mol. The fourth-order valence-corrected chi connectivity index (χ4v) is 2.42. The number of hydrogen-bond acceptors (Lipinski definition) is 4. The van der Waals surface area contributed by atoms with Gasteiger partial charge in [-0.1, -0.05) is 42.5 Å². The number of hydrogen-bond donors (Lipinski definition) is 2. The second-order valence-corrected chi connectivity index (χ2v) is 5.19. The number of carbonyl (C=O) groups is 1. The van der Waals surface area contributed by atoms with Gasteiger partial charge in [0.25, 0.3) is 5.43 Å². The van der Waals surface area contributed by atoms with Gasteiger partial charge in [0.05, 0.1) is 6.20 Å². The molecule has 0 amide bonds. The summed E-state index contributed by atoms with van der Waals surface area (Å²) in [4.78, 5) is 22.4. The van der Waals surface area contributed by atoms with Crippen LogP contribution in [0, 0.1) is 0 Å². The maximum Gasteiger partial charge on any atom is 0.360 e. The van der Waals surface area contributed by atoms with Crippen molar-refractivity contribution in [2.75, 3.05) is 0 Å². The van der Waals surface area contributed by atoms with E-state index in [0.29, 0.717) is 13.0 Å². The highest BCUT2D eigenvalue weighted by atomic mass is 16.4. The third-order valence-electron chi connectivity index (χ3n) is 3.59. The molecule has 0 aliphatic rings. The van der Waals surface area contributed by atoms with Crippen molar-refractivity contribution in [1.29, 1.82) is 0 Å². The lowest BCUT2D eigenvalue weighted by Crippen LogP contribution is -2.22. The first-order valence-corrected chi connectivity index (χ1v) is 7.06. The van der Waals surface area contributed by atoms with Crippen molar-refractivity contribution in [2.45, 2.75) is 13.0 Å². The van der Waals surface area contributed by atoms with E-state index in [1.54, 1.807) is 0 Å². The molecule has 0 aliphatic carbocycles. The number of rotatable bonds is 4. The molecule has 0 aliphatic heterocycles. The van der Waals surface area contributed by atoms with Crippen LogP contribution < -0.4 is 5.43 Å². The lowest BCUT2D eigenvalue weighted by Gasteiger charge is -2.08. The molecular formula is C17H14N2O4. The van der Waals surface area contributed by atoms with Crippen LogP contribution >= 0.6 is 0 Å². The standard InChI is InChI=1S/C17H14N2O4/c20-14-10-19(18-15(16(14)21)17(22)23)8-7-11-5-6-12-3-1-2-4-13(12)9-11/h1-6,9-10,20H,7-8H2,(H,22,23). The monoisotopic (exact) mass is 310 g/mol. The summed E-state index contributed by atoms with van der Waals surface area (Å²) >= 11 is 0. The molecule has 0 saturated carbocycles. The summed E-state index contributed by atoms with van der Waals surface area (Å²) in [5.74, 6) is -2.07. The topological polar surface area (TPSA) is 92.4 Å². The predicted molar refractivity (Wildman–Crippen MR) is 84.8 cm³/mol. The third kappa shape index (κ3) is 3.06. The Labute approximate surface area is 131 Å². The van der Waals surface area contributed by atoms with Gasteiger partial charge in [-0.25, -0.2) is 4.79 Å². The molecule has 116 valence electrons. The number of nitrogens with zero attached hydrogens (tertiary/aromatic N) is 2. The summed E-state index contributed by atoms with van der Waals surface area (Å²) in [7, 11) is 0. The zero-order chi connectivity index (χ0) is 16.4. The molecule has 0 saturated heterocycles. The number of aromatic carboxylic acids is 1. The number of aryl methyl sites for hydroxylation is 2. The second-order valence-electron chi connectivity index (χ2n) is 5.19. The predicted octanol–water partition coefficient (Wildman–Crippen LogP) is 2.04. The Morgan fingerprint density at radius 1 is 1.13 bits per heavy atom. The minimum absolute atomic E-state index is 0.354. The van der Waals surface area contributed by atoms with E-state index < -0.39 is 22.8 Å². The quantitative estimate of drug-likeness (QED) is 0.769. The van der Waals surface area contributed by atoms with Crippen molar-refractivity contribution in [3.8, 4) is 5.75 Å². The molecule has 2 N–H and O–H groups in total. The molecule has 3 aromatic rings. The van der Waals surface area contributed by atoms with Crippen molar-refractivity contribution in [1.82, 2.24) is 9.78 Å². The molecule has 0 atom stereocenters. The summed E-state index contributed by atoms with van der Waals surface area (Å²) in [5.41, 5.74) is -0.594. The summed E-state index contributed by atoms with van der Waals surface area (Å²) in [6.07, 6.45) is 1.75.